The first-order valence-corrected chi connectivity index (χ1v) is 10.9. The molecule has 2 heterocycles. The Bertz CT molecular complexity index is 998. The largest absolute Gasteiger partial charge is 0.493 e. The lowest BCUT2D eigenvalue weighted by atomic mass is 9.38. The summed E-state index contributed by atoms with van der Waals surface area (Å²) in [5, 5.41) is 12.1. The number of carbonyl (C=O) groups is 1. The highest BCUT2D eigenvalue weighted by Gasteiger charge is 2.79. The van der Waals surface area contributed by atoms with Crippen molar-refractivity contribution >= 4 is 13.1 Å². The molecular weight excluding hydrogens is 379 g/mol. The van der Waals surface area contributed by atoms with Crippen LogP contribution in [0.5, 0.6) is 11.5 Å². The Hall–Kier alpha value is -1.99. The first kappa shape index (κ1) is 18.8. The van der Waals surface area contributed by atoms with E-state index in [1.54, 1.807) is 33.2 Å². The first-order valence-electron chi connectivity index (χ1n) is 10.9. The normalized spacial score (nSPS) is 41.8. The number of hydrogen-bond donors (Lipinski definition) is 1. The lowest BCUT2D eigenvalue weighted by Gasteiger charge is -2.71. The van der Waals surface area contributed by atoms with Crippen LogP contribution < -0.4 is 9.47 Å². The Morgan fingerprint density at radius 1 is 1.40 bits per heavy atom. The van der Waals surface area contributed by atoms with Gasteiger partial charge in [0.05, 0.1) is 18.6 Å². The topological polar surface area (TPSA) is 62.2 Å². The lowest BCUT2D eigenvalue weighted by Crippen LogP contribution is -2.81. The molecule has 1 amide bonds. The van der Waals surface area contributed by atoms with Gasteiger partial charge in [0.1, 0.15) is 11.7 Å². The van der Waals surface area contributed by atoms with E-state index < -0.39 is 11.7 Å². The van der Waals surface area contributed by atoms with E-state index in [0.29, 0.717) is 6.04 Å². The van der Waals surface area contributed by atoms with Gasteiger partial charge < -0.3 is 24.4 Å². The molecule has 0 aromatic heterocycles. The molecule has 1 N–H and O–H groups in total. The number of nitrogens with zero attached hydrogens (tertiary/aromatic N) is 2. The Morgan fingerprint density at radius 3 is 2.93 bits per heavy atom. The van der Waals surface area contributed by atoms with E-state index in [0.717, 1.165) is 37.3 Å². The minimum absolute atomic E-state index is 0.0667. The molecule has 6 nitrogen and oxygen atoms in total. The van der Waals surface area contributed by atoms with Gasteiger partial charge in [-0.05, 0) is 44.5 Å². The van der Waals surface area contributed by atoms with Crippen molar-refractivity contribution in [2.75, 3.05) is 27.7 Å². The van der Waals surface area contributed by atoms with Gasteiger partial charge in [-0.25, -0.2) is 0 Å². The zero-order valence-electron chi connectivity index (χ0n) is 18.0. The minimum Gasteiger partial charge on any atom is -0.493 e. The van der Waals surface area contributed by atoms with Crippen molar-refractivity contribution in [3.05, 3.63) is 35.4 Å². The maximum absolute atomic E-state index is 12.6. The Morgan fingerprint density at radius 2 is 2.20 bits per heavy atom. The number of ether oxygens (including phenoxy) is 2. The molecule has 157 valence electrons. The van der Waals surface area contributed by atoms with Crippen LogP contribution in [0.15, 0.2) is 24.3 Å². The van der Waals surface area contributed by atoms with Crippen LogP contribution in [0.3, 0.4) is 0 Å². The zero-order chi connectivity index (χ0) is 21.1. The van der Waals surface area contributed by atoms with Gasteiger partial charge in [0.15, 0.2) is 17.3 Å². The van der Waals surface area contributed by atoms with Gasteiger partial charge in [-0.2, -0.15) is 0 Å². The number of fused-ring (bicyclic) bond motifs is 1. The van der Waals surface area contributed by atoms with Crippen LogP contribution in [0.4, 0.5) is 4.79 Å². The third kappa shape index (κ3) is 1.77. The number of piperidine rings is 1. The summed E-state index contributed by atoms with van der Waals surface area (Å²) in [5.41, 5.74) is 0.832. The zero-order valence-corrected chi connectivity index (χ0v) is 18.0. The minimum atomic E-state index is -1.24. The van der Waals surface area contributed by atoms with E-state index in [1.807, 2.05) is 12.1 Å². The molecule has 6 atom stereocenters. The van der Waals surface area contributed by atoms with E-state index in [2.05, 4.69) is 24.1 Å². The number of benzene rings is 1. The van der Waals surface area contributed by atoms with Crippen LogP contribution in [0, 0.1) is 5.41 Å². The fourth-order valence-corrected chi connectivity index (χ4v) is 7.68. The van der Waals surface area contributed by atoms with E-state index >= 15 is 0 Å². The van der Waals surface area contributed by atoms with Gasteiger partial charge in [0, 0.05) is 24.1 Å². The fourth-order valence-electron chi connectivity index (χ4n) is 7.68. The van der Waals surface area contributed by atoms with E-state index in [9.17, 15) is 9.90 Å². The van der Waals surface area contributed by atoms with E-state index in [4.69, 9.17) is 9.47 Å². The first-order chi connectivity index (χ1) is 14.3. The Labute approximate surface area is 178 Å². The van der Waals surface area contributed by atoms with Gasteiger partial charge in [-0.3, -0.25) is 4.79 Å². The Kier molecular flexibility index (Phi) is 3.52. The molecule has 1 aromatic rings. The van der Waals surface area contributed by atoms with Crippen LogP contribution in [-0.4, -0.2) is 79.5 Å². The van der Waals surface area contributed by atoms with Crippen molar-refractivity contribution < 1.29 is 19.4 Å². The number of likely N-dealkylation sites (tertiary alicyclic amines) is 1. The summed E-state index contributed by atoms with van der Waals surface area (Å²) in [4.78, 5) is 16.8. The summed E-state index contributed by atoms with van der Waals surface area (Å²) in [7, 11) is 7.26. The maximum atomic E-state index is 12.6. The summed E-state index contributed by atoms with van der Waals surface area (Å²) in [6, 6.07) is 4.15. The third-order valence-corrected chi connectivity index (χ3v) is 8.98. The summed E-state index contributed by atoms with van der Waals surface area (Å²) in [6.45, 7) is 2.72. The highest BCUT2D eigenvalue weighted by molar-refractivity contribution is 6.72. The molecule has 7 heteroatoms. The van der Waals surface area contributed by atoms with E-state index in [1.165, 1.54) is 11.1 Å². The quantitative estimate of drug-likeness (QED) is 0.612. The number of amides is 1. The van der Waals surface area contributed by atoms with Crippen molar-refractivity contribution in [2.45, 2.75) is 55.3 Å². The van der Waals surface area contributed by atoms with Crippen LogP contribution in [-0.2, 0) is 11.8 Å². The molecule has 30 heavy (non-hydrogen) atoms. The van der Waals surface area contributed by atoms with Crippen LogP contribution in [0.25, 0.3) is 0 Å². The van der Waals surface area contributed by atoms with Crippen molar-refractivity contribution in [2.24, 2.45) is 5.41 Å². The standard InChI is InChI=1S/C23H28BN2O4/c1-24-20(27)26(3)16-12-21-7-8-23(16,28)19-22(21)9-10-25(2)15(21)11-13-5-6-14(29-4)18(30-19)17(13)22/h5-8,15-16,19,28H,9-12H2,1-4H3/t15-,16?,19?,21-,22+,23?/m1/s1. The number of methoxy groups -OCH3 is 1. The SMILES string of the molecule is C[B]C(=O)N(C)C1C[C@@]23C=CC1(O)C1Oc4c(OC)ccc5c4[C@@]12CCN(C)[C@@H]3C5. The molecule has 1 saturated carbocycles. The number of rotatable bonds is 3. The molecule has 7 rings (SSSR count). The molecule has 2 aliphatic heterocycles. The molecular formula is C23H28BN2O4. The molecule has 4 bridgehead atoms. The summed E-state index contributed by atoms with van der Waals surface area (Å²) in [5.74, 6) is 1.46. The fraction of sp³-hybridized carbons (Fsp3) is 0.609. The number of likely N-dealkylation sites (N-methyl/N-ethyl adjacent to an activating group) is 2. The number of carbonyl (C=O) groups excluding carboxylic acids is 1. The summed E-state index contributed by atoms with van der Waals surface area (Å²) >= 11 is 0. The van der Waals surface area contributed by atoms with Crippen LogP contribution in [0.2, 0.25) is 6.82 Å². The molecule has 1 aromatic carbocycles. The number of aliphatic hydroxyl groups is 1. The second kappa shape index (κ2) is 5.62. The summed E-state index contributed by atoms with van der Waals surface area (Å²) < 4.78 is 12.3. The molecule has 6 aliphatic rings. The maximum Gasteiger partial charge on any atom is 0.229 e. The van der Waals surface area contributed by atoms with E-state index in [-0.39, 0.29) is 22.7 Å². The van der Waals surface area contributed by atoms with Crippen LogP contribution in [0.1, 0.15) is 24.0 Å². The molecule has 3 unspecified atom stereocenters. The lowest BCUT2D eigenvalue weighted by molar-refractivity contribution is -0.200. The van der Waals surface area contributed by atoms with Crippen molar-refractivity contribution in [3.63, 3.8) is 0 Å². The highest BCUT2D eigenvalue weighted by Crippen LogP contribution is 2.73. The average molecular weight is 407 g/mol. The molecule has 1 radical (unpaired) electrons. The van der Waals surface area contributed by atoms with Gasteiger partial charge in [-0.1, -0.05) is 25.0 Å². The monoisotopic (exact) mass is 407 g/mol. The average Bonchev–Trinajstić information content (AvgIpc) is 3.12. The smallest absolute Gasteiger partial charge is 0.229 e. The van der Waals surface area contributed by atoms with Crippen LogP contribution >= 0.6 is 0 Å². The van der Waals surface area contributed by atoms with Gasteiger partial charge >= 0.3 is 0 Å². The third-order valence-electron chi connectivity index (χ3n) is 8.98. The predicted molar refractivity (Wildman–Crippen MR) is 114 cm³/mol. The molecule has 2 fully saturated rings. The summed E-state index contributed by atoms with van der Waals surface area (Å²) in [6.07, 6.45) is 6.39. The predicted octanol–water partition coefficient (Wildman–Crippen LogP) is 1.82. The van der Waals surface area contributed by atoms with Gasteiger partial charge in [0.2, 0.25) is 7.28 Å². The molecule has 2 spiro atoms. The van der Waals surface area contributed by atoms with Gasteiger partial charge in [-0.15, -0.1) is 0 Å². The second-order valence-corrected chi connectivity index (χ2v) is 9.77. The Balaban J connectivity index is 1.63. The molecule has 1 saturated heterocycles. The highest BCUT2D eigenvalue weighted by atomic mass is 16.5. The van der Waals surface area contributed by atoms with Gasteiger partial charge in [0.25, 0.3) is 0 Å². The second-order valence-electron chi connectivity index (χ2n) is 9.77. The van der Waals surface area contributed by atoms with Crippen molar-refractivity contribution in [3.8, 4) is 11.5 Å². The van der Waals surface area contributed by atoms with Crippen molar-refractivity contribution in [1.29, 1.82) is 0 Å². The van der Waals surface area contributed by atoms with Crippen molar-refractivity contribution in [1.82, 2.24) is 9.80 Å². The molecule has 4 aliphatic carbocycles. The number of hydrogen-bond acceptors (Lipinski definition) is 5.